The van der Waals surface area contributed by atoms with Gasteiger partial charge in [0.05, 0.1) is 16.9 Å². The van der Waals surface area contributed by atoms with E-state index in [1.54, 1.807) is 31.0 Å². The van der Waals surface area contributed by atoms with Crippen LogP contribution in [0.4, 0.5) is 0 Å². The second kappa shape index (κ2) is 9.91. The van der Waals surface area contributed by atoms with E-state index >= 15 is 0 Å². The SMILES string of the molecule is c1cncc(-c2nc(-c3cccnc3)nc(-c3ccc(-c4nc5ccccc5c5c4ccc4ccccc45)nc3)n2)c1. The van der Waals surface area contributed by atoms with Gasteiger partial charge in [-0.15, -0.1) is 0 Å². The predicted molar refractivity (Wildman–Crippen MR) is 165 cm³/mol. The van der Waals surface area contributed by atoms with Crippen molar-refractivity contribution in [3.63, 3.8) is 0 Å². The number of hydrogen-bond donors (Lipinski definition) is 0. The van der Waals surface area contributed by atoms with E-state index in [1.165, 1.54) is 16.2 Å². The Morgan fingerprint density at radius 3 is 1.71 bits per heavy atom. The average Bonchev–Trinajstić information content (AvgIpc) is 3.08. The molecule has 0 unspecified atom stereocenters. The van der Waals surface area contributed by atoms with Gasteiger partial charge in [-0.3, -0.25) is 15.0 Å². The van der Waals surface area contributed by atoms with Gasteiger partial charge >= 0.3 is 0 Å². The Kier molecular flexibility index (Phi) is 5.64. The molecular formula is C35H21N7. The quantitative estimate of drug-likeness (QED) is 0.213. The Bertz CT molecular complexity index is 2160. The normalized spacial score (nSPS) is 11.3. The molecule has 8 rings (SSSR count). The number of nitrogens with zero attached hydrogens (tertiary/aromatic N) is 7. The number of pyridine rings is 4. The van der Waals surface area contributed by atoms with E-state index in [9.17, 15) is 0 Å². The van der Waals surface area contributed by atoms with Gasteiger partial charge in [-0.2, -0.15) is 0 Å². The lowest BCUT2D eigenvalue weighted by atomic mass is 9.96. The van der Waals surface area contributed by atoms with Crippen molar-refractivity contribution in [2.24, 2.45) is 0 Å². The van der Waals surface area contributed by atoms with Gasteiger partial charge < -0.3 is 0 Å². The largest absolute Gasteiger partial charge is 0.264 e. The van der Waals surface area contributed by atoms with Crippen LogP contribution in [0.25, 0.3) is 78.0 Å². The molecule has 0 N–H and O–H groups in total. The van der Waals surface area contributed by atoms with Crippen LogP contribution in [0.3, 0.4) is 0 Å². The Balaban J connectivity index is 1.28. The molecule has 0 bridgehead atoms. The molecule has 7 heteroatoms. The minimum absolute atomic E-state index is 0.518. The molecule has 0 saturated heterocycles. The van der Waals surface area contributed by atoms with Crippen LogP contribution in [0.5, 0.6) is 0 Å². The van der Waals surface area contributed by atoms with Crippen molar-refractivity contribution in [1.82, 2.24) is 34.9 Å². The number of hydrogen-bond acceptors (Lipinski definition) is 7. The summed E-state index contributed by atoms with van der Waals surface area (Å²) in [5, 5.41) is 5.76. The molecule has 0 aliphatic carbocycles. The number of benzene rings is 3. The van der Waals surface area contributed by atoms with Gasteiger partial charge in [0, 0.05) is 63.8 Å². The first-order valence-electron chi connectivity index (χ1n) is 13.6. The zero-order valence-electron chi connectivity index (χ0n) is 22.3. The van der Waals surface area contributed by atoms with E-state index in [1.807, 2.05) is 42.5 Å². The van der Waals surface area contributed by atoms with Gasteiger partial charge in [-0.1, -0.05) is 54.6 Å². The first-order valence-corrected chi connectivity index (χ1v) is 13.6. The summed E-state index contributed by atoms with van der Waals surface area (Å²) in [6, 6.07) is 32.6. The van der Waals surface area contributed by atoms with E-state index in [4.69, 9.17) is 24.9 Å². The maximum absolute atomic E-state index is 5.07. The first kappa shape index (κ1) is 23.9. The number of para-hydroxylation sites is 1. The minimum atomic E-state index is 0.518. The lowest BCUT2D eigenvalue weighted by molar-refractivity contribution is 1.06. The zero-order valence-corrected chi connectivity index (χ0v) is 22.3. The van der Waals surface area contributed by atoms with Crippen LogP contribution in [0.2, 0.25) is 0 Å². The van der Waals surface area contributed by atoms with E-state index < -0.39 is 0 Å². The molecule has 5 aromatic heterocycles. The molecule has 3 aromatic carbocycles. The predicted octanol–water partition coefficient (Wildman–Crippen LogP) is 7.58. The minimum Gasteiger partial charge on any atom is -0.264 e. The van der Waals surface area contributed by atoms with Crippen molar-refractivity contribution >= 4 is 32.4 Å². The Labute approximate surface area is 240 Å². The molecular weight excluding hydrogens is 518 g/mol. The smallest absolute Gasteiger partial charge is 0.165 e. The molecule has 0 amide bonds. The van der Waals surface area contributed by atoms with Gasteiger partial charge in [0.25, 0.3) is 0 Å². The Morgan fingerprint density at radius 2 is 1.07 bits per heavy atom. The standard InChI is InChI=1S/C35H21N7/c1-2-10-26-22(7-1)13-15-28-31(26)27-11-3-4-12-29(27)39-32(28)30-16-14-25(21-38-30)35-41-33(23-8-5-17-36-19-23)40-34(42-35)24-9-6-18-37-20-24/h1-21H. The van der Waals surface area contributed by atoms with Gasteiger partial charge in [0.15, 0.2) is 17.5 Å². The molecule has 0 saturated carbocycles. The molecule has 0 fully saturated rings. The highest BCUT2D eigenvalue weighted by atomic mass is 15.0. The van der Waals surface area contributed by atoms with E-state index in [0.29, 0.717) is 17.5 Å². The van der Waals surface area contributed by atoms with Crippen molar-refractivity contribution in [2.45, 2.75) is 0 Å². The van der Waals surface area contributed by atoms with Crippen LogP contribution in [0.15, 0.2) is 128 Å². The maximum Gasteiger partial charge on any atom is 0.165 e. The summed E-state index contributed by atoms with van der Waals surface area (Å²) < 4.78 is 0. The fourth-order valence-electron chi connectivity index (χ4n) is 5.34. The average molecular weight is 540 g/mol. The molecule has 0 atom stereocenters. The van der Waals surface area contributed by atoms with Gasteiger partial charge in [0.2, 0.25) is 0 Å². The van der Waals surface area contributed by atoms with Crippen LogP contribution < -0.4 is 0 Å². The van der Waals surface area contributed by atoms with E-state index in [-0.39, 0.29) is 0 Å². The molecule has 196 valence electrons. The third-order valence-electron chi connectivity index (χ3n) is 7.33. The summed E-state index contributed by atoms with van der Waals surface area (Å²) in [6.07, 6.45) is 8.74. The van der Waals surface area contributed by atoms with Crippen LogP contribution in [0, 0.1) is 0 Å². The Hall–Kier alpha value is -5.95. The maximum atomic E-state index is 5.07. The lowest BCUT2D eigenvalue weighted by Crippen LogP contribution is -2.01. The zero-order chi connectivity index (χ0) is 27.9. The number of aromatic nitrogens is 7. The van der Waals surface area contributed by atoms with Crippen molar-refractivity contribution in [1.29, 1.82) is 0 Å². The summed E-state index contributed by atoms with van der Waals surface area (Å²) in [4.78, 5) is 32.7. The van der Waals surface area contributed by atoms with Crippen LogP contribution in [0.1, 0.15) is 0 Å². The molecule has 0 radical (unpaired) electrons. The highest BCUT2D eigenvalue weighted by Crippen LogP contribution is 2.36. The monoisotopic (exact) mass is 539 g/mol. The van der Waals surface area contributed by atoms with Crippen LogP contribution in [-0.4, -0.2) is 34.9 Å². The van der Waals surface area contributed by atoms with E-state index in [0.717, 1.165) is 44.4 Å². The second-order valence-corrected chi connectivity index (χ2v) is 9.91. The van der Waals surface area contributed by atoms with E-state index in [2.05, 4.69) is 64.6 Å². The molecule has 7 nitrogen and oxygen atoms in total. The fraction of sp³-hybridized carbons (Fsp3) is 0. The molecule has 0 aliphatic heterocycles. The Morgan fingerprint density at radius 1 is 0.429 bits per heavy atom. The number of fused-ring (bicyclic) bond motifs is 5. The van der Waals surface area contributed by atoms with Crippen molar-refractivity contribution in [2.75, 3.05) is 0 Å². The highest BCUT2D eigenvalue weighted by Gasteiger charge is 2.16. The van der Waals surface area contributed by atoms with Crippen molar-refractivity contribution in [3.8, 4) is 45.6 Å². The highest BCUT2D eigenvalue weighted by molar-refractivity contribution is 6.22. The van der Waals surface area contributed by atoms with Gasteiger partial charge in [-0.05, 0) is 53.2 Å². The van der Waals surface area contributed by atoms with Crippen molar-refractivity contribution < 1.29 is 0 Å². The van der Waals surface area contributed by atoms with Gasteiger partial charge in [-0.25, -0.2) is 19.9 Å². The molecule has 42 heavy (non-hydrogen) atoms. The summed E-state index contributed by atoms with van der Waals surface area (Å²) >= 11 is 0. The molecule has 5 heterocycles. The third kappa shape index (κ3) is 4.12. The summed E-state index contributed by atoms with van der Waals surface area (Å²) in [5.41, 5.74) is 4.92. The fourth-order valence-corrected chi connectivity index (χ4v) is 5.34. The number of rotatable bonds is 4. The summed E-state index contributed by atoms with van der Waals surface area (Å²) in [5.74, 6) is 1.58. The summed E-state index contributed by atoms with van der Waals surface area (Å²) in [6.45, 7) is 0. The summed E-state index contributed by atoms with van der Waals surface area (Å²) in [7, 11) is 0. The topological polar surface area (TPSA) is 90.2 Å². The molecule has 8 aromatic rings. The van der Waals surface area contributed by atoms with Crippen LogP contribution >= 0.6 is 0 Å². The molecule has 0 spiro atoms. The second-order valence-electron chi connectivity index (χ2n) is 9.91. The molecule has 0 aliphatic rings. The first-order chi connectivity index (χ1) is 20.8. The van der Waals surface area contributed by atoms with Gasteiger partial charge in [0.1, 0.15) is 0 Å². The lowest BCUT2D eigenvalue weighted by Gasteiger charge is -2.12. The van der Waals surface area contributed by atoms with Crippen molar-refractivity contribution in [3.05, 3.63) is 128 Å². The van der Waals surface area contributed by atoms with Crippen LogP contribution in [-0.2, 0) is 0 Å². The third-order valence-corrected chi connectivity index (χ3v) is 7.33.